The van der Waals surface area contributed by atoms with Gasteiger partial charge in [-0.2, -0.15) is 5.26 Å². The summed E-state index contributed by atoms with van der Waals surface area (Å²) in [6.07, 6.45) is 4.45. The van der Waals surface area contributed by atoms with Crippen molar-refractivity contribution >= 4 is 23.4 Å². The highest BCUT2D eigenvalue weighted by Gasteiger charge is 2.21. The minimum atomic E-state index is -0.280. The molecule has 124 valence electrons. The minimum Gasteiger partial charge on any atom is -0.325 e. The van der Waals surface area contributed by atoms with Gasteiger partial charge in [0, 0.05) is 18.7 Å². The second-order valence-electron chi connectivity index (χ2n) is 5.80. The van der Waals surface area contributed by atoms with Crippen LogP contribution in [0.2, 0.25) is 0 Å². The van der Waals surface area contributed by atoms with Crippen LogP contribution < -0.4 is 5.32 Å². The average molecular weight is 341 g/mol. The van der Waals surface area contributed by atoms with E-state index < -0.39 is 0 Å². The Hall–Kier alpha value is -2.33. The number of amides is 1. The highest BCUT2D eigenvalue weighted by molar-refractivity contribution is 8.00. The number of hydrogen-bond acceptors (Lipinski definition) is 5. The fourth-order valence-corrected chi connectivity index (χ4v) is 3.52. The van der Waals surface area contributed by atoms with Crippen molar-refractivity contribution in [1.29, 1.82) is 5.26 Å². The predicted octanol–water partition coefficient (Wildman–Crippen LogP) is 3.00. The van der Waals surface area contributed by atoms with Crippen LogP contribution in [-0.4, -0.2) is 25.9 Å². The Bertz CT molecular complexity index is 762. The van der Waals surface area contributed by atoms with Gasteiger partial charge < -0.3 is 9.88 Å². The van der Waals surface area contributed by atoms with Crippen LogP contribution in [0, 0.1) is 11.3 Å². The summed E-state index contributed by atoms with van der Waals surface area (Å²) in [5, 5.41) is 20.7. The molecule has 7 heteroatoms. The highest BCUT2D eigenvalue weighted by Crippen LogP contribution is 2.26. The Morgan fingerprint density at radius 3 is 2.83 bits per heavy atom. The molecule has 0 fully saturated rings. The molecule has 0 aliphatic carbocycles. The van der Waals surface area contributed by atoms with E-state index in [1.54, 1.807) is 24.3 Å². The molecule has 1 aliphatic heterocycles. The number of nitriles is 1. The van der Waals surface area contributed by atoms with Crippen LogP contribution in [0.15, 0.2) is 29.4 Å². The third-order valence-electron chi connectivity index (χ3n) is 4.01. The fourth-order valence-electron chi connectivity index (χ4n) is 2.63. The van der Waals surface area contributed by atoms with Gasteiger partial charge in [-0.15, -0.1) is 10.2 Å². The number of rotatable bonds is 4. The normalized spacial score (nSPS) is 15.0. The van der Waals surface area contributed by atoms with Crippen molar-refractivity contribution in [2.75, 3.05) is 5.32 Å². The summed E-state index contributed by atoms with van der Waals surface area (Å²) in [6, 6.07) is 8.90. The van der Waals surface area contributed by atoms with Crippen LogP contribution in [0.25, 0.3) is 0 Å². The molecule has 1 amide bonds. The highest BCUT2D eigenvalue weighted by atomic mass is 32.2. The van der Waals surface area contributed by atoms with Gasteiger partial charge in [0.15, 0.2) is 5.16 Å². The molecule has 6 nitrogen and oxygen atoms in total. The number of anilines is 1. The van der Waals surface area contributed by atoms with Gasteiger partial charge in [0.1, 0.15) is 5.82 Å². The Morgan fingerprint density at radius 1 is 1.29 bits per heavy atom. The Morgan fingerprint density at radius 2 is 2.08 bits per heavy atom. The second kappa shape index (κ2) is 7.49. The molecule has 0 unspecified atom stereocenters. The number of aryl methyl sites for hydroxylation is 1. The number of fused-ring (bicyclic) bond motifs is 1. The molecule has 0 spiro atoms. The van der Waals surface area contributed by atoms with Crippen LogP contribution in [0.1, 0.15) is 37.6 Å². The van der Waals surface area contributed by atoms with E-state index in [0.717, 1.165) is 36.8 Å². The van der Waals surface area contributed by atoms with Crippen LogP contribution in [0.3, 0.4) is 0 Å². The molecule has 1 aromatic carbocycles. The van der Waals surface area contributed by atoms with Crippen molar-refractivity contribution in [3.63, 3.8) is 0 Å². The summed E-state index contributed by atoms with van der Waals surface area (Å²) in [4.78, 5) is 12.4. The zero-order chi connectivity index (χ0) is 16.9. The third kappa shape index (κ3) is 3.77. The van der Waals surface area contributed by atoms with Crippen molar-refractivity contribution in [1.82, 2.24) is 14.8 Å². The predicted molar refractivity (Wildman–Crippen MR) is 92.7 cm³/mol. The number of nitrogens with zero attached hydrogens (tertiary/aromatic N) is 4. The van der Waals surface area contributed by atoms with Gasteiger partial charge in [0.05, 0.1) is 16.9 Å². The lowest BCUT2D eigenvalue weighted by atomic mass is 10.2. The molecule has 1 aromatic heterocycles. The Balaban J connectivity index is 1.64. The first kappa shape index (κ1) is 16.5. The number of hydrogen-bond donors (Lipinski definition) is 1. The van der Waals surface area contributed by atoms with Gasteiger partial charge in [0.25, 0.3) is 0 Å². The van der Waals surface area contributed by atoms with Gasteiger partial charge in [0.2, 0.25) is 5.91 Å². The summed E-state index contributed by atoms with van der Waals surface area (Å²) in [6.45, 7) is 2.79. The number of thioether (sulfide) groups is 1. The van der Waals surface area contributed by atoms with Gasteiger partial charge >= 0.3 is 0 Å². The van der Waals surface area contributed by atoms with Crippen LogP contribution in [-0.2, 0) is 17.8 Å². The smallest absolute Gasteiger partial charge is 0.237 e. The molecule has 3 rings (SSSR count). The molecule has 0 bridgehead atoms. The van der Waals surface area contributed by atoms with Crippen molar-refractivity contribution in [3.05, 3.63) is 35.7 Å². The first-order valence-electron chi connectivity index (χ1n) is 8.07. The molecule has 0 saturated heterocycles. The van der Waals surface area contributed by atoms with Crippen molar-refractivity contribution < 1.29 is 4.79 Å². The minimum absolute atomic E-state index is 0.0873. The number of aromatic nitrogens is 3. The van der Waals surface area contributed by atoms with E-state index in [1.807, 2.05) is 6.92 Å². The van der Waals surface area contributed by atoms with E-state index in [-0.39, 0.29) is 11.2 Å². The van der Waals surface area contributed by atoms with E-state index in [1.165, 1.54) is 18.2 Å². The van der Waals surface area contributed by atoms with Crippen molar-refractivity contribution in [3.8, 4) is 6.07 Å². The monoisotopic (exact) mass is 341 g/mol. The molecular formula is C17H19N5OS. The summed E-state index contributed by atoms with van der Waals surface area (Å²) in [7, 11) is 0. The number of benzene rings is 1. The lowest BCUT2D eigenvalue weighted by Gasteiger charge is -2.12. The maximum Gasteiger partial charge on any atom is 0.237 e. The zero-order valence-electron chi connectivity index (χ0n) is 13.5. The molecule has 2 aromatic rings. The SMILES string of the molecule is C[C@H](Sc1nnc2n1CCCCC2)C(=O)Nc1ccc(C#N)cc1. The zero-order valence-corrected chi connectivity index (χ0v) is 14.3. The Labute approximate surface area is 145 Å². The third-order valence-corrected chi connectivity index (χ3v) is 5.09. The lowest BCUT2D eigenvalue weighted by Crippen LogP contribution is -2.23. The largest absolute Gasteiger partial charge is 0.325 e. The molecule has 1 N–H and O–H groups in total. The molecule has 0 radical (unpaired) electrons. The average Bonchev–Trinajstić information content (AvgIpc) is 2.82. The van der Waals surface area contributed by atoms with Crippen LogP contribution >= 0.6 is 11.8 Å². The van der Waals surface area contributed by atoms with E-state index in [9.17, 15) is 4.79 Å². The van der Waals surface area contributed by atoms with Crippen LogP contribution in [0.4, 0.5) is 5.69 Å². The molecule has 1 aliphatic rings. The molecule has 1 atom stereocenters. The van der Waals surface area contributed by atoms with Crippen LogP contribution in [0.5, 0.6) is 0 Å². The molecular weight excluding hydrogens is 322 g/mol. The van der Waals surface area contributed by atoms with Gasteiger partial charge in [-0.1, -0.05) is 18.2 Å². The van der Waals surface area contributed by atoms with Gasteiger partial charge in [-0.3, -0.25) is 4.79 Å². The first-order chi connectivity index (χ1) is 11.7. The van der Waals surface area contributed by atoms with E-state index in [4.69, 9.17) is 5.26 Å². The number of carbonyl (C=O) groups is 1. The van der Waals surface area contributed by atoms with Crippen molar-refractivity contribution in [2.45, 2.75) is 49.6 Å². The van der Waals surface area contributed by atoms with Gasteiger partial charge in [-0.25, -0.2) is 0 Å². The summed E-state index contributed by atoms with van der Waals surface area (Å²) < 4.78 is 2.14. The molecule has 2 heterocycles. The molecule has 0 saturated carbocycles. The summed E-state index contributed by atoms with van der Waals surface area (Å²) in [5.74, 6) is 0.936. The first-order valence-corrected chi connectivity index (χ1v) is 8.95. The maximum absolute atomic E-state index is 12.4. The van der Waals surface area contributed by atoms with E-state index in [0.29, 0.717) is 11.3 Å². The quantitative estimate of drug-likeness (QED) is 0.864. The topological polar surface area (TPSA) is 83.6 Å². The maximum atomic E-state index is 12.4. The molecule has 24 heavy (non-hydrogen) atoms. The van der Waals surface area contributed by atoms with E-state index in [2.05, 4.69) is 26.2 Å². The van der Waals surface area contributed by atoms with Gasteiger partial charge in [-0.05, 0) is 44.0 Å². The summed E-state index contributed by atoms with van der Waals surface area (Å²) >= 11 is 1.43. The second-order valence-corrected chi connectivity index (χ2v) is 7.11. The Kier molecular flexibility index (Phi) is 5.16. The number of nitrogens with one attached hydrogen (secondary N) is 1. The van der Waals surface area contributed by atoms with E-state index >= 15 is 0 Å². The van der Waals surface area contributed by atoms with Crippen molar-refractivity contribution in [2.24, 2.45) is 0 Å². The lowest BCUT2D eigenvalue weighted by molar-refractivity contribution is -0.115. The standard InChI is InChI=1S/C17H19N5OS/c1-12(16(23)19-14-8-6-13(11-18)7-9-14)24-17-21-20-15-5-3-2-4-10-22(15)17/h6-9,12H,2-5,10H2,1H3,(H,19,23)/t12-/m0/s1. The number of carbonyl (C=O) groups excluding carboxylic acids is 1. The summed E-state index contributed by atoms with van der Waals surface area (Å²) in [5.41, 5.74) is 1.26. The fraction of sp³-hybridized carbons (Fsp3) is 0.412.